The summed E-state index contributed by atoms with van der Waals surface area (Å²) in [6.07, 6.45) is 0.666. The van der Waals surface area contributed by atoms with Gasteiger partial charge in [-0.15, -0.1) is 0 Å². The van der Waals surface area contributed by atoms with Crippen LogP contribution < -0.4 is 16.5 Å². The fraction of sp³-hybridized carbons (Fsp3) is 0.526. The molecule has 7 nitrogen and oxygen atoms in total. The summed E-state index contributed by atoms with van der Waals surface area (Å²) in [6.45, 7) is 7.34. The first-order valence-electron chi connectivity index (χ1n) is 9.13. The van der Waals surface area contributed by atoms with E-state index in [1.807, 2.05) is 20.0 Å². The summed E-state index contributed by atoms with van der Waals surface area (Å²) < 4.78 is 5.39. The summed E-state index contributed by atoms with van der Waals surface area (Å²) in [4.78, 5) is 38.9. The molecule has 3 N–H and O–H groups in total. The average Bonchev–Trinajstić information content (AvgIpc) is 3.03. The number of carbonyl (C=O) groups is 3. The summed E-state index contributed by atoms with van der Waals surface area (Å²) in [5.41, 5.74) is 5.21. The number of nitrogens with zero attached hydrogens (tertiary/aromatic N) is 1. The lowest BCUT2D eigenvalue weighted by molar-refractivity contribution is -0.133. The zero-order valence-electron chi connectivity index (χ0n) is 16.7. The van der Waals surface area contributed by atoms with Gasteiger partial charge < -0.3 is 15.8 Å². The van der Waals surface area contributed by atoms with E-state index in [0.717, 1.165) is 5.46 Å². The lowest BCUT2D eigenvalue weighted by atomic mass is 9.87. The van der Waals surface area contributed by atoms with Crippen molar-refractivity contribution in [2.45, 2.75) is 57.7 Å². The monoisotopic (exact) mass is 373 g/mol. The van der Waals surface area contributed by atoms with E-state index in [1.54, 1.807) is 39.8 Å². The van der Waals surface area contributed by atoms with Crippen molar-refractivity contribution in [2.24, 2.45) is 5.73 Å². The Kier molecular flexibility index (Phi) is 5.87. The fourth-order valence-corrected chi connectivity index (χ4v) is 3.07. The van der Waals surface area contributed by atoms with Gasteiger partial charge in [-0.05, 0) is 46.1 Å². The van der Waals surface area contributed by atoms with E-state index in [-0.39, 0.29) is 0 Å². The molecule has 1 aromatic carbocycles. The first-order chi connectivity index (χ1) is 12.4. The van der Waals surface area contributed by atoms with Gasteiger partial charge in [0.05, 0.1) is 0 Å². The summed E-state index contributed by atoms with van der Waals surface area (Å²) in [6, 6.07) is 6.54. The maximum absolute atomic E-state index is 12.9. The van der Waals surface area contributed by atoms with Crippen LogP contribution in [-0.4, -0.2) is 48.8 Å². The van der Waals surface area contributed by atoms with Gasteiger partial charge in [0.1, 0.15) is 25.0 Å². The number of nitrogens with two attached hydrogens (primary N) is 1. The number of likely N-dealkylation sites (tertiary alicyclic amines) is 1. The van der Waals surface area contributed by atoms with E-state index >= 15 is 0 Å². The van der Waals surface area contributed by atoms with Gasteiger partial charge in [0.2, 0.25) is 11.8 Å². The molecule has 146 valence electrons. The number of nitrogens with one attached hydrogen (secondary N) is 1. The number of carbonyl (C=O) groups excluding carboxylic acids is 3. The molecule has 2 atom stereocenters. The van der Waals surface area contributed by atoms with Crippen molar-refractivity contribution >= 4 is 31.2 Å². The quantitative estimate of drug-likeness (QED) is 0.734. The van der Waals surface area contributed by atoms with Crippen molar-refractivity contribution in [1.82, 2.24) is 10.2 Å². The minimum Gasteiger partial charge on any atom is -0.444 e. The molecule has 27 heavy (non-hydrogen) atoms. The van der Waals surface area contributed by atoms with Crippen molar-refractivity contribution in [2.75, 3.05) is 6.54 Å². The first-order valence-corrected chi connectivity index (χ1v) is 9.13. The first kappa shape index (κ1) is 20.8. The molecule has 1 saturated heterocycles. The highest BCUT2D eigenvalue weighted by atomic mass is 16.6. The van der Waals surface area contributed by atoms with Crippen molar-refractivity contribution in [3.8, 4) is 0 Å². The minimum absolute atomic E-state index is 0.416. The van der Waals surface area contributed by atoms with Crippen molar-refractivity contribution in [3.63, 3.8) is 0 Å². The van der Waals surface area contributed by atoms with Gasteiger partial charge in [-0.25, -0.2) is 4.79 Å². The number of ether oxygens (including phenoxy) is 1. The molecule has 1 heterocycles. The fourth-order valence-electron chi connectivity index (χ4n) is 3.07. The summed E-state index contributed by atoms with van der Waals surface area (Å²) in [5, 5.41) is 2.76. The van der Waals surface area contributed by atoms with Crippen LogP contribution in [0.15, 0.2) is 24.3 Å². The molecule has 3 amide bonds. The molecule has 0 saturated carbocycles. The van der Waals surface area contributed by atoms with Gasteiger partial charge in [0, 0.05) is 6.54 Å². The highest BCUT2D eigenvalue weighted by Crippen LogP contribution is 2.24. The number of amides is 3. The van der Waals surface area contributed by atoms with Crippen LogP contribution in [0.2, 0.25) is 0 Å². The predicted molar refractivity (Wildman–Crippen MR) is 105 cm³/mol. The Bertz CT molecular complexity index is 729. The van der Waals surface area contributed by atoms with Gasteiger partial charge in [0.15, 0.2) is 0 Å². The van der Waals surface area contributed by atoms with Crippen LogP contribution in [0.25, 0.3) is 0 Å². The Morgan fingerprint density at radius 2 is 1.78 bits per heavy atom. The Morgan fingerprint density at radius 1 is 1.19 bits per heavy atom. The summed E-state index contributed by atoms with van der Waals surface area (Å²) >= 11 is 0. The summed E-state index contributed by atoms with van der Waals surface area (Å²) in [7, 11) is 1.93. The number of hydrogen-bond donors (Lipinski definition) is 2. The van der Waals surface area contributed by atoms with Crippen molar-refractivity contribution in [3.05, 3.63) is 29.8 Å². The third-order valence-electron chi connectivity index (χ3n) is 4.68. The molecule has 1 aliphatic heterocycles. The zero-order chi connectivity index (χ0) is 20.4. The molecule has 0 aliphatic carbocycles. The predicted octanol–water partition coefficient (Wildman–Crippen LogP) is 0.161. The van der Waals surface area contributed by atoms with Gasteiger partial charge in [-0.2, -0.15) is 0 Å². The van der Waals surface area contributed by atoms with E-state index < -0.39 is 35.1 Å². The standard InChI is InChI=1S/C19H28BN3O4/c1-18(2,3)27-17(26)23-11-5-6-14(23)15(24)22-19(4,16(21)25)12-7-9-13(20)10-8-12/h7-10,14H,5-6,11,20H2,1-4H3,(H2,21,25)(H,22,24)/t14-,19?/m0/s1. The van der Waals surface area contributed by atoms with Crippen LogP contribution in [0.5, 0.6) is 0 Å². The maximum atomic E-state index is 12.9. The van der Waals surface area contributed by atoms with Gasteiger partial charge in [-0.1, -0.05) is 29.7 Å². The highest BCUT2D eigenvalue weighted by molar-refractivity contribution is 6.32. The lowest BCUT2D eigenvalue weighted by Crippen LogP contribution is -2.57. The molecule has 0 bridgehead atoms. The normalized spacial score (nSPS) is 19.3. The second kappa shape index (κ2) is 7.62. The number of primary amides is 1. The highest BCUT2D eigenvalue weighted by Gasteiger charge is 2.41. The topological polar surface area (TPSA) is 102 Å². The van der Waals surface area contributed by atoms with Crippen LogP contribution in [0.1, 0.15) is 46.1 Å². The maximum Gasteiger partial charge on any atom is 0.410 e. The van der Waals surface area contributed by atoms with E-state index in [9.17, 15) is 14.4 Å². The molecule has 1 aromatic rings. The van der Waals surface area contributed by atoms with Gasteiger partial charge in [-0.3, -0.25) is 14.5 Å². The zero-order valence-corrected chi connectivity index (χ0v) is 16.7. The molecular formula is C19H28BN3O4. The minimum atomic E-state index is -1.37. The van der Waals surface area contributed by atoms with Crippen LogP contribution in [0, 0.1) is 0 Å². The SMILES string of the molecule is Bc1ccc(C(C)(NC(=O)[C@@H]2CCCN2C(=O)OC(C)(C)C)C(N)=O)cc1. The van der Waals surface area contributed by atoms with Crippen molar-refractivity contribution < 1.29 is 19.1 Å². The largest absolute Gasteiger partial charge is 0.444 e. The Balaban J connectivity index is 2.20. The van der Waals surface area contributed by atoms with E-state index in [1.165, 1.54) is 4.90 Å². The second-order valence-electron chi connectivity index (χ2n) is 8.18. The Labute approximate surface area is 161 Å². The molecule has 8 heteroatoms. The van der Waals surface area contributed by atoms with E-state index in [0.29, 0.717) is 24.9 Å². The van der Waals surface area contributed by atoms with Crippen LogP contribution in [0.3, 0.4) is 0 Å². The van der Waals surface area contributed by atoms with Crippen LogP contribution in [0.4, 0.5) is 4.79 Å². The lowest BCUT2D eigenvalue weighted by Gasteiger charge is -2.32. The van der Waals surface area contributed by atoms with E-state index in [2.05, 4.69) is 5.32 Å². The molecule has 1 unspecified atom stereocenters. The molecule has 1 aliphatic rings. The summed E-state index contributed by atoms with van der Waals surface area (Å²) in [5.74, 6) is -1.08. The number of rotatable bonds is 4. The molecule has 0 aromatic heterocycles. The third-order valence-corrected chi connectivity index (χ3v) is 4.68. The van der Waals surface area contributed by atoms with E-state index in [4.69, 9.17) is 10.5 Å². The molecule has 0 spiro atoms. The molecule has 1 fully saturated rings. The number of hydrogen-bond acceptors (Lipinski definition) is 4. The van der Waals surface area contributed by atoms with Gasteiger partial charge >= 0.3 is 6.09 Å². The Hall–Kier alpha value is -2.51. The second-order valence-corrected chi connectivity index (χ2v) is 8.18. The third kappa shape index (κ3) is 4.81. The Morgan fingerprint density at radius 3 is 2.30 bits per heavy atom. The van der Waals surface area contributed by atoms with Crippen LogP contribution >= 0.6 is 0 Å². The molecule has 0 radical (unpaired) electrons. The average molecular weight is 373 g/mol. The molecular weight excluding hydrogens is 345 g/mol. The smallest absolute Gasteiger partial charge is 0.410 e. The van der Waals surface area contributed by atoms with Gasteiger partial charge in [0.25, 0.3) is 0 Å². The van der Waals surface area contributed by atoms with Crippen molar-refractivity contribution in [1.29, 1.82) is 0 Å². The molecule has 2 rings (SSSR count). The van der Waals surface area contributed by atoms with Crippen LogP contribution in [-0.2, 0) is 19.9 Å². The number of benzene rings is 1.